The van der Waals surface area contributed by atoms with Gasteiger partial charge in [0.25, 0.3) is 40.5 Å². The molecule has 3 aromatic heterocycles. The number of azo groups is 3. The number of fused-ring (bicyclic) bond motifs is 6. The smallest absolute Gasteiger partial charge is 0.300 e. The van der Waals surface area contributed by atoms with E-state index in [1.165, 1.54) is 56.5 Å². The highest BCUT2D eigenvalue weighted by Gasteiger charge is 2.28. The maximum absolute atomic E-state index is 12.5. The zero-order valence-electron chi connectivity index (χ0n) is 40.0. The van der Waals surface area contributed by atoms with Crippen molar-refractivity contribution in [3.8, 4) is 23.4 Å². The van der Waals surface area contributed by atoms with Gasteiger partial charge < -0.3 is 19.7 Å². The molecule has 8 rings (SSSR count). The fourth-order valence-electron chi connectivity index (χ4n) is 7.78. The maximum atomic E-state index is 12.5. The molecule has 5 aromatic carbocycles. The van der Waals surface area contributed by atoms with Crippen LogP contribution in [0.15, 0.2) is 112 Å². The normalized spacial score (nSPS) is 12.9. The summed E-state index contributed by atoms with van der Waals surface area (Å²) in [6.07, 6.45) is -0.201. The molecule has 0 fully saturated rings. The first kappa shape index (κ1) is 56.1. The van der Waals surface area contributed by atoms with Crippen LogP contribution in [0.4, 0.5) is 33.6 Å². The number of nitrogens with zero attached hydrogens (tertiary/aromatic N) is 10. The Morgan fingerprint density at radius 2 is 1.44 bits per heavy atom. The number of pyridine rings is 1. The Labute approximate surface area is 445 Å². The number of aromatic nitrogens is 3. The highest BCUT2D eigenvalue weighted by molar-refractivity contribution is 7.99. The molecule has 0 amide bonds. The zero-order chi connectivity index (χ0) is 55.8. The van der Waals surface area contributed by atoms with E-state index >= 15 is 0 Å². The maximum Gasteiger partial charge on any atom is 0.300 e. The molecule has 6 N–H and O–H groups in total. The number of ether oxygens (including phenoxy) is 2. The molecular formula is C45H40N10O16S6. The van der Waals surface area contributed by atoms with Gasteiger partial charge in [0.2, 0.25) is 11.0 Å². The van der Waals surface area contributed by atoms with Crippen LogP contribution in [0.25, 0.3) is 37.7 Å². The molecular weight excluding hydrogens is 1130 g/mol. The van der Waals surface area contributed by atoms with Gasteiger partial charge in [-0.15, -0.1) is 37.3 Å². The molecule has 0 aliphatic rings. The minimum atomic E-state index is -4.96. The Bertz CT molecular complexity index is 4330. The van der Waals surface area contributed by atoms with Crippen LogP contribution in [0.1, 0.15) is 35.1 Å². The number of imidazole rings is 1. The molecule has 0 atom stereocenters. The minimum absolute atomic E-state index is 0.00397. The average Bonchev–Trinajstić information content (AvgIpc) is 4.09. The average molecular weight is 1170 g/mol. The van der Waals surface area contributed by atoms with E-state index in [2.05, 4.69) is 40.7 Å². The van der Waals surface area contributed by atoms with E-state index in [0.717, 1.165) is 27.5 Å². The number of aryl methyl sites for hydroxylation is 1. The molecule has 0 saturated heterocycles. The number of methoxy groups -OCH3 is 1. The molecule has 402 valence electrons. The Kier molecular flexibility index (Phi) is 16.1. The number of aliphatic hydroxyl groups is 1. The predicted octanol–water partition coefficient (Wildman–Crippen LogP) is 9.71. The number of nitriles is 1. The second kappa shape index (κ2) is 22.1. The summed E-state index contributed by atoms with van der Waals surface area (Å²) >= 11 is 2.09. The molecule has 0 spiro atoms. The standard InChI is InChI=1S/C45H40N10O16S6/c1-23-16-31(51-53-38-24(2)28(21-46)43-47-39-33(55(43)44(38)57)10-11-34(70-3)42(39)77(67,68)69)35(71-12-6-14-74(58,59)60)19-29(23)49-52-32-17-26(22-56)30(20-36(32)72-13-7-15-75(61,62)63)50-54-45-48-40-37(76(64,65)66)18-25-8-4-5-9-27(25)41(40)73-45/h4-5,8-11,16-20,56-57H,6-7,12-15,22H2,1-3H3,(H,58,59,60)(H,61,62,63)(H,64,65,66)(H,67,68,69). The summed E-state index contributed by atoms with van der Waals surface area (Å²) in [5, 5.41) is 59.6. The van der Waals surface area contributed by atoms with E-state index in [1.807, 2.05) is 6.07 Å². The lowest BCUT2D eigenvalue weighted by atomic mass is 10.1. The molecule has 0 aliphatic heterocycles. The number of thioether (sulfide) groups is 1. The highest BCUT2D eigenvalue weighted by Crippen LogP contribution is 2.45. The molecule has 77 heavy (non-hydrogen) atoms. The number of hydrogen-bond donors (Lipinski definition) is 6. The summed E-state index contributed by atoms with van der Waals surface area (Å²) in [5.74, 6) is -2.09. The number of rotatable bonds is 20. The van der Waals surface area contributed by atoms with Gasteiger partial charge in [0.05, 0.1) is 59.1 Å². The van der Waals surface area contributed by atoms with Gasteiger partial charge in [0.15, 0.2) is 16.2 Å². The lowest BCUT2D eigenvalue weighted by Gasteiger charge is -2.12. The molecule has 0 radical (unpaired) electrons. The van der Waals surface area contributed by atoms with Crippen LogP contribution in [0.3, 0.4) is 0 Å². The molecule has 0 saturated carbocycles. The van der Waals surface area contributed by atoms with Crippen molar-refractivity contribution >= 4 is 135 Å². The second-order valence-electron chi connectivity index (χ2n) is 16.5. The number of benzene rings is 5. The molecule has 8 aromatic rings. The predicted molar refractivity (Wildman–Crippen MR) is 281 cm³/mol. The summed E-state index contributed by atoms with van der Waals surface area (Å²) in [6.45, 7) is 2.11. The van der Waals surface area contributed by atoms with Gasteiger partial charge in [-0.1, -0.05) is 35.6 Å². The molecule has 0 unspecified atom stereocenters. The lowest BCUT2D eigenvalue weighted by molar-refractivity contribution is 0.282. The van der Waals surface area contributed by atoms with Gasteiger partial charge in [0, 0.05) is 27.5 Å². The minimum Gasteiger partial charge on any atom is -0.495 e. The van der Waals surface area contributed by atoms with Crippen molar-refractivity contribution in [3.05, 3.63) is 89.0 Å². The van der Waals surface area contributed by atoms with Crippen molar-refractivity contribution < 1.29 is 71.6 Å². The van der Waals surface area contributed by atoms with E-state index in [4.69, 9.17) is 9.47 Å². The largest absolute Gasteiger partial charge is 0.495 e. The lowest BCUT2D eigenvalue weighted by Crippen LogP contribution is -2.08. The first-order valence-electron chi connectivity index (χ1n) is 22.1. The van der Waals surface area contributed by atoms with E-state index < -0.39 is 74.3 Å². The number of aromatic hydroxyl groups is 1. The Balaban J connectivity index is 1.19. The van der Waals surface area contributed by atoms with Crippen LogP contribution < -0.4 is 9.47 Å². The summed E-state index contributed by atoms with van der Waals surface area (Å²) in [6, 6.07) is 18.4. The Morgan fingerprint density at radius 3 is 2.12 bits per heavy atom. The summed E-state index contributed by atoms with van der Waals surface area (Å²) < 4.78 is 147. The van der Waals surface area contributed by atoms with Gasteiger partial charge in [-0.25, -0.2) is 9.97 Å². The quantitative estimate of drug-likeness (QED) is 0.0179. The third kappa shape index (κ3) is 12.3. The van der Waals surface area contributed by atoms with Gasteiger partial charge in [-0.05, 0) is 79.8 Å². The topological polar surface area (TPSA) is 405 Å². The summed E-state index contributed by atoms with van der Waals surface area (Å²) in [4.78, 5) is 7.81. The van der Waals surface area contributed by atoms with Gasteiger partial charge in [0.1, 0.15) is 44.7 Å². The van der Waals surface area contributed by atoms with Crippen molar-refractivity contribution in [2.75, 3.05) is 31.0 Å². The van der Waals surface area contributed by atoms with Crippen molar-refractivity contribution in [1.29, 1.82) is 5.26 Å². The van der Waals surface area contributed by atoms with Crippen molar-refractivity contribution in [1.82, 2.24) is 14.4 Å². The van der Waals surface area contributed by atoms with E-state index in [-0.39, 0.29) is 109 Å². The Hall–Kier alpha value is -7.16. The number of thiazole rings is 1. The molecule has 0 aliphatic carbocycles. The van der Waals surface area contributed by atoms with E-state index in [1.54, 1.807) is 31.2 Å². The van der Waals surface area contributed by atoms with Crippen molar-refractivity contribution in [3.63, 3.8) is 0 Å². The zero-order valence-corrected chi connectivity index (χ0v) is 44.9. The summed E-state index contributed by atoms with van der Waals surface area (Å²) in [5.41, 5.74) is -0.103. The highest BCUT2D eigenvalue weighted by atomic mass is 32.2. The fraction of sp³-hybridized carbons (Fsp3) is 0.222. The van der Waals surface area contributed by atoms with Gasteiger partial charge in [-0.2, -0.15) is 44.0 Å². The second-order valence-corrected chi connectivity index (χ2v) is 24.5. The van der Waals surface area contributed by atoms with E-state index in [0.29, 0.717) is 25.9 Å². The molecule has 0 bridgehead atoms. The number of aliphatic hydroxyl groups excluding tert-OH is 1. The monoisotopic (exact) mass is 1170 g/mol. The number of hydrogen-bond acceptors (Lipinski definition) is 23. The van der Waals surface area contributed by atoms with E-state index in [9.17, 15) is 67.4 Å². The van der Waals surface area contributed by atoms with Crippen molar-refractivity contribution in [2.24, 2.45) is 30.7 Å². The van der Waals surface area contributed by atoms with Crippen LogP contribution in [0, 0.1) is 25.2 Å². The molecule has 3 heterocycles. The van der Waals surface area contributed by atoms with Crippen molar-refractivity contribution in [2.45, 2.75) is 48.0 Å². The van der Waals surface area contributed by atoms with Crippen LogP contribution in [-0.4, -0.2) is 107 Å². The third-order valence-corrected chi connectivity index (χ3v) is 16.8. The van der Waals surface area contributed by atoms with Crippen LogP contribution in [-0.2, 0) is 47.1 Å². The Morgan fingerprint density at radius 1 is 0.753 bits per heavy atom. The van der Waals surface area contributed by atoms with Gasteiger partial charge >= 0.3 is 0 Å². The van der Waals surface area contributed by atoms with Crippen LogP contribution >= 0.6 is 23.1 Å². The van der Waals surface area contributed by atoms with Crippen LogP contribution in [0.2, 0.25) is 0 Å². The third-order valence-electron chi connectivity index (χ3n) is 11.3. The fourth-order valence-corrected chi connectivity index (χ4v) is 12.4. The van der Waals surface area contributed by atoms with Gasteiger partial charge in [-0.3, -0.25) is 22.6 Å². The van der Waals surface area contributed by atoms with Crippen LogP contribution in [0.5, 0.6) is 17.4 Å². The molecule has 32 heteroatoms. The SMILES string of the molecule is COc1ccc2c(nc3c(C#N)c(C)c(N=Nc4cc(C)c(N=Nc5cc(CO)c(N=Nc6nc7c(S(=O)(=O)O)cc8ccccc8c7s6)cc5SCCCS(=O)(=O)O)cc4OCCCS(=O)(=O)O)c(O)n32)c1S(=O)(=O)O. The summed E-state index contributed by atoms with van der Waals surface area (Å²) in [7, 11) is -17.2. The molecule has 26 nitrogen and oxygen atoms in total. The first-order chi connectivity index (χ1) is 36.3. The first-order valence-corrected chi connectivity index (χ1v) is 30.0.